The van der Waals surface area contributed by atoms with E-state index in [1.54, 1.807) is 6.07 Å². The first-order chi connectivity index (χ1) is 8.50. The fraction of sp³-hybridized carbons (Fsp3) is 0.188. The normalized spacial score (nSPS) is 10.4. The van der Waals surface area contributed by atoms with Gasteiger partial charge in [0.2, 0.25) is 0 Å². The van der Waals surface area contributed by atoms with Gasteiger partial charge >= 0.3 is 0 Å². The summed E-state index contributed by atoms with van der Waals surface area (Å²) in [5.41, 5.74) is 4.52. The highest BCUT2D eigenvalue weighted by Gasteiger charge is 2.13. The number of carbonyl (C=O) groups excluding carboxylic acids is 1. The summed E-state index contributed by atoms with van der Waals surface area (Å²) in [5.74, 6) is 0.0260. The Morgan fingerprint density at radius 3 is 2.39 bits per heavy atom. The molecule has 18 heavy (non-hydrogen) atoms. The fourth-order valence-electron chi connectivity index (χ4n) is 1.89. The lowest BCUT2D eigenvalue weighted by Crippen LogP contribution is -2.04. The first kappa shape index (κ1) is 12.8. The molecular weight excluding hydrogens is 244 g/mol. The Kier molecular flexibility index (Phi) is 3.53. The van der Waals surface area contributed by atoms with Gasteiger partial charge in [0, 0.05) is 16.1 Å². The zero-order valence-electron chi connectivity index (χ0n) is 10.8. The number of hydrogen-bond acceptors (Lipinski definition) is 1. The third kappa shape index (κ3) is 2.32. The minimum absolute atomic E-state index is 0.0260. The average Bonchev–Trinajstić information content (AvgIpc) is 2.35. The second-order valence-corrected chi connectivity index (χ2v) is 4.95. The molecule has 0 saturated heterocycles. The maximum atomic E-state index is 12.4. The van der Waals surface area contributed by atoms with Crippen LogP contribution in [0, 0.1) is 20.8 Å². The molecular formula is C16H15ClO. The van der Waals surface area contributed by atoms with Gasteiger partial charge in [0.05, 0.1) is 0 Å². The standard InChI is InChI=1S/C16H15ClO/c1-10-5-4-6-14(12(10)3)16(18)13-8-7-11(2)15(17)9-13/h4-9H,1-3H3. The van der Waals surface area contributed by atoms with Gasteiger partial charge in [-0.2, -0.15) is 0 Å². The Bertz CT molecular complexity index is 614. The zero-order chi connectivity index (χ0) is 13.3. The van der Waals surface area contributed by atoms with Gasteiger partial charge in [0.15, 0.2) is 5.78 Å². The summed E-state index contributed by atoms with van der Waals surface area (Å²) < 4.78 is 0. The topological polar surface area (TPSA) is 17.1 Å². The van der Waals surface area contributed by atoms with E-state index in [0.717, 1.165) is 22.3 Å². The van der Waals surface area contributed by atoms with E-state index in [0.29, 0.717) is 10.6 Å². The molecule has 0 fully saturated rings. The Morgan fingerprint density at radius 2 is 1.72 bits per heavy atom. The van der Waals surface area contributed by atoms with Gasteiger partial charge in [-0.3, -0.25) is 4.79 Å². The number of benzene rings is 2. The molecule has 2 heteroatoms. The van der Waals surface area contributed by atoms with E-state index in [-0.39, 0.29) is 5.78 Å². The minimum atomic E-state index is 0.0260. The van der Waals surface area contributed by atoms with Crippen LogP contribution in [0.2, 0.25) is 5.02 Å². The molecule has 0 N–H and O–H groups in total. The molecule has 2 aromatic rings. The number of ketones is 1. The molecule has 2 aromatic carbocycles. The van der Waals surface area contributed by atoms with Crippen LogP contribution in [0.15, 0.2) is 36.4 Å². The van der Waals surface area contributed by atoms with Crippen molar-refractivity contribution in [1.82, 2.24) is 0 Å². The lowest BCUT2D eigenvalue weighted by molar-refractivity contribution is 0.103. The van der Waals surface area contributed by atoms with Crippen molar-refractivity contribution in [2.45, 2.75) is 20.8 Å². The van der Waals surface area contributed by atoms with Gasteiger partial charge < -0.3 is 0 Å². The SMILES string of the molecule is Cc1ccc(C(=O)c2cccc(C)c2C)cc1Cl. The Labute approximate surface area is 112 Å². The molecule has 0 aliphatic carbocycles. The van der Waals surface area contributed by atoms with Crippen LogP contribution >= 0.6 is 11.6 Å². The highest BCUT2D eigenvalue weighted by Crippen LogP contribution is 2.21. The minimum Gasteiger partial charge on any atom is -0.289 e. The molecule has 92 valence electrons. The summed E-state index contributed by atoms with van der Waals surface area (Å²) >= 11 is 6.06. The van der Waals surface area contributed by atoms with E-state index in [1.807, 2.05) is 51.1 Å². The van der Waals surface area contributed by atoms with E-state index < -0.39 is 0 Å². The van der Waals surface area contributed by atoms with E-state index in [9.17, 15) is 4.79 Å². The summed E-state index contributed by atoms with van der Waals surface area (Å²) in [6, 6.07) is 11.2. The van der Waals surface area contributed by atoms with Crippen LogP contribution in [0.5, 0.6) is 0 Å². The summed E-state index contributed by atoms with van der Waals surface area (Å²) in [6.45, 7) is 5.90. The number of aryl methyl sites for hydroxylation is 2. The second kappa shape index (κ2) is 4.95. The number of carbonyl (C=O) groups is 1. The van der Waals surface area contributed by atoms with Crippen LogP contribution in [-0.2, 0) is 0 Å². The van der Waals surface area contributed by atoms with E-state index in [2.05, 4.69) is 0 Å². The van der Waals surface area contributed by atoms with Gasteiger partial charge in [-0.25, -0.2) is 0 Å². The molecule has 0 saturated carbocycles. The number of rotatable bonds is 2. The van der Waals surface area contributed by atoms with Crippen molar-refractivity contribution in [3.05, 3.63) is 69.2 Å². The van der Waals surface area contributed by atoms with Crippen molar-refractivity contribution in [2.24, 2.45) is 0 Å². The van der Waals surface area contributed by atoms with E-state index in [4.69, 9.17) is 11.6 Å². The molecule has 0 radical (unpaired) electrons. The summed E-state index contributed by atoms with van der Waals surface area (Å²) in [7, 11) is 0. The molecule has 0 unspecified atom stereocenters. The molecule has 0 heterocycles. The lowest BCUT2D eigenvalue weighted by atomic mass is 9.96. The highest BCUT2D eigenvalue weighted by atomic mass is 35.5. The van der Waals surface area contributed by atoms with Gasteiger partial charge in [0.25, 0.3) is 0 Å². The van der Waals surface area contributed by atoms with Crippen LogP contribution in [-0.4, -0.2) is 5.78 Å². The molecule has 0 amide bonds. The van der Waals surface area contributed by atoms with Crippen LogP contribution in [0.3, 0.4) is 0 Å². The molecule has 0 bridgehead atoms. The number of hydrogen-bond donors (Lipinski definition) is 0. The zero-order valence-corrected chi connectivity index (χ0v) is 11.5. The second-order valence-electron chi connectivity index (χ2n) is 4.54. The number of halogens is 1. The quantitative estimate of drug-likeness (QED) is 0.725. The van der Waals surface area contributed by atoms with Crippen LogP contribution < -0.4 is 0 Å². The van der Waals surface area contributed by atoms with Gasteiger partial charge in [-0.05, 0) is 43.5 Å². The van der Waals surface area contributed by atoms with Crippen molar-refractivity contribution >= 4 is 17.4 Å². The molecule has 0 aliphatic heterocycles. The van der Waals surface area contributed by atoms with Crippen LogP contribution in [0.25, 0.3) is 0 Å². The summed E-state index contributed by atoms with van der Waals surface area (Å²) in [4.78, 5) is 12.4. The molecule has 0 aromatic heterocycles. The van der Waals surface area contributed by atoms with Gasteiger partial charge in [-0.15, -0.1) is 0 Å². The summed E-state index contributed by atoms with van der Waals surface area (Å²) in [6.07, 6.45) is 0. The van der Waals surface area contributed by atoms with Crippen molar-refractivity contribution < 1.29 is 4.79 Å². The van der Waals surface area contributed by atoms with Crippen molar-refractivity contribution in [3.63, 3.8) is 0 Å². The van der Waals surface area contributed by atoms with E-state index >= 15 is 0 Å². The molecule has 2 rings (SSSR count). The van der Waals surface area contributed by atoms with E-state index in [1.165, 1.54) is 0 Å². The summed E-state index contributed by atoms with van der Waals surface area (Å²) in [5, 5.41) is 0.631. The predicted octanol–water partition coefficient (Wildman–Crippen LogP) is 4.50. The van der Waals surface area contributed by atoms with Crippen LogP contribution in [0.4, 0.5) is 0 Å². The Morgan fingerprint density at radius 1 is 1.00 bits per heavy atom. The Balaban J connectivity index is 2.48. The van der Waals surface area contributed by atoms with Crippen molar-refractivity contribution in [2.75, 3.05) is 0 Å². The maximum absolute atomic E-state index is 12.4. The smallest absolute Gasteiger partial charge is 0.193 e. The first-order valence-electron chi connectivity index (χ1n) is 5.88. The third-order valence-electron chi connectivity index (χ3n) is 3.28. The Hall–Kier alpha value is -1.60. The molecule has 0 atom stereocenters. The monoisotopic (exact) mass is 258 g/mol. The predicted molar refractivity (Wildman–Crippen MR) is 75.5 cm³/mol. The molecule has 1 nitrogen and oxygen atoms in total. The van der Waals surface area contributed by atoms with Gasteiger partial charge in [0.1, 0.15) is 0 Å². The van der Waals surface area contributed by atoms with Crippen LogP contribution in [0.1, 0.15) is 32.6 Å². The van der Waals surface area contributed by atoms with Gasteiger partial charge in [-0.1, -0.05) is 41.9 Å². The first-order valence-corrected chi connectivity index (χ1v) is 6.25. The van der Waals surface area contributed by atoms with Crippen molar-refractivity contribution in [3.8, 4) is 0 Å². The third-order valence-corrected chi connectivity index (χ3v) is 3.69. The maximum Gasteiger partial charge on any atom is 0.193 e. The highest BCUT2D eigenvalue weighted by molar-refractivity contribution is 6.31. The molecule has 0 aliphatic rings. The fourth-order valence-corrected chi connectivity index (χ4v) is 2.07. The van der Waals surface area contributed by atoms with Crippen molar-refractivity contribution in [1.29, 1.82) is 0 Å². The average molecular weight is 259 g/mol. The molecule has 0 spiro atoms. The largest absolute Gasteiger partial charge is 0.289 e. The lowest BCUT2D eigenvalue weighted by Gasteiger charge is -2.08.